The number of carbonyl (C=O) groups is 2. The van der Waals surface area contributed by atoms with Crippen LogP contribution in [0.3, 0.4) is 0 Å². The van der Waals surface area contributed by atoms with E-state index in [0.717, 1.165) is 0 Å². The Labute approximate surface area is 157 Å². The van der Waals surface area contributed by atoms with E-state index >= 15 is 0 Å². The van der Waals surface area contributed by atoms with Gasteiger partial charge in [-0.05, 0) is 25.0 Å². The molecule has 0 aromatic carbocycles. The molecule has 9 heteroatoms. The molecule has 9 nitrogen and oxygen atoms in total. The molecular formula is C18H24N6O3. The number of nitrogens with zero attached hydrogens (tertiary/aromatic N) is 5. The van der Waals surface area contributed by atoms with E-state index in [0.29, 0.717) is 43.3 Å². The largest absolute Gasteiger partial charge is 0.341 e. The molecule has 1 fully saturated rings. The van der Waals surface area contributed by atoms with Gasteiger partial charge in [0.2, 0.25) is 23.5 Å². The topological polar surface area (TPSA) is 118 Å². The fourth-order valence-electron chi connectivity index (χ4n) is 3.19. The van der Waals surface area contributed by atoms with Crippen molar-refractivity contribution in [1.29, 1.82) is 0 Å². The van der Waals surface area contributed by atoms with Crippen LogP contribution < -0.4 is 5.73 Å². The number of hydrogen-bond donors (Lipinski definition) is 1. The summed E-state index contributed by atoms with van der Waals surface area (Å²) in [5.41, 5.74) is 6.63. The number of nitrogens with two attached hydrogens (primary N) is 1. The second kappa shape index (κ2) is 8.26. The van der Waals surface area contributed by atoms with Crippen molar-refractivity contribution in [3.63, 3.8) is 0 Å². The van der Waals surface area contributed by atoms with Crippen molar-refractivity contribution in [3.8, 4) is 11.5 Å². The Kier molecular flexibility index (Phi) is 5.80. The lowest BCUT2D eigenvalue weighted by Gasteiger charge is -2.26. The highest BCUT2D eigenvalue weighted by Crippen LogP contribution is 2.20. The Morgan fingerprint density at radius 3 is 2.85 bits per heavy atom. The van der Waals surface area contributed by atoms with Crippen LogP contribution in [0.2, 0.25) is 0 Å². The normalized spacial score (nSPS) is 20.2. The van der Waals surface area contributed by atoms with Crippen LogP contribution in [-0.2, 0) is 16.1 Å². The van der Waals surface area contributed by atoms with Gasteiger partial charge in [-0.15, -0.1) is 0 Å². The first-order valence-electron chi connectivity index (χ1n) is 8.94. The standard InChI is InChI=1S/C18H24N6O3/c1-12(25)24-9-13(6-7-14(19)10-24)18(26)23(2)11-16-21-17(22-27-16)15-5-3-4-8-20-15/h3-5,8,13-14H,6-7,9-11,19H2,1-2H3/t13-,14+/m1/s1. The predicted octanol–water partition coefficient (Wildman–Crippen LogP) is 0.676. The smallest absolute Gasteiger partial charge is 0.246 e. The molecule has 1 aliphatic rings. The molecule has 3 rings (SSSR count). The average Bonchev–Trinajstić information content (AvgIpc) is 3.03. The summed E-state index contributed by atoms with van der Waals surface area (Å²) >= 11 is 0. The van der Waals surface area contributed by atoms with Gasteiger partial charge < -0.3 is 20.1 Å². The number of amides is 2. The van der Waals surface area contributed by atoms with Gasteiger partial charge in [-0.3, -0.25) is 14.6 Å². The molecule has 0 unspecified atom stereocenters. The van der Waals surface area contributed by atoms with Gasteiger partial charge in [0.05, 0.1) is 12.5 Å². The quantitative estimate of drug-likeness (QED) is 0.838. The Bertz CT molecular complexity index is 793. The van der Waals surface area contributed by atoms with Crippen LogP contribution in [0.25, 0.3) is 11.5 Å². The molecule has 0 spiro atoms. The summed E-state index contributed by atoms with van der Waals surface area (Å²) in [5.74, 6) is 0.304. The van der Waals surface area contributed by atoms with E-state index in [1.54, 1.807) is 35.2 Å². The molecule has 144 valence electrons. The lowest BCUT2D eigenvalue weighted by atomic mass is 10.0. The molecular weight excluding hydrogens is 348 g/mol. The minimum Gasteiger partial charge on any atom is -0.341 e. The van der Waals surface area contributed by atoms with Crippen molar-refractivity contribution >= 4 is 11.8 Å². The summed E-state index contributed by atoms with van der Waals surface area (Å²) in [6.45, 7) is 2.57. The van der Waals surface area contributed by atoms with Gasteiger partial charge in [0, 0.05) is 39.3 Å². The fourth-order valence-corrected chi connectivity index (χ4v) is 3.19. The summed E-state index contributed by atoms with van der Waals surface area (Å²) in [7, 11) is 1.69. The van der Waals surface area contributed by atoms with Crippen molar-refractivity contribution in [1.82, 2.24) is 24.9 Å². The maximum Gasteiger partial charge on any atom is 0.246 e. The van der Waals surface area contributed by atoms with Crippen LogP contribution in [0, 0.1) is 5.92 Å². The van der Waals surface area contributed by atoms with E-state index in [9.17, 15) is 9.59 Å². The van der Waals surface area contributed by atoms with E-state index < -0.39 is 0 Å². The SMILES string of the molecule is CC(=O)N1C[C@@H](N)CC[C@@H](C(=O)N(C)Cc2nc(-c3ccccn3)no2)C1. The van der Waals surface area contributed by atoms with Crippen molar-refractivity contribution in [2.24, 2.45) is 11.7 Å². The number of rotatable bonds is 4. The molecule has 2 atom stereocenters. The molecule has 3 heterocycles. The molecule has 2 aromatic heterocycles. The zero-order valence-electron chi connectivity index (χ0n) is 15.5. The van der Waals surface area contributed by atoms with Crippen molar-refractivity contribution in [2.75, 3.05) is 20.1 Å². The van der Waals surface area contributed by atoms with Crippen molar-refractivity contribution in [3.05, 3.63) is 30.3 Å². The highest BCUT2D eigenvalue weighted by Gasteiger charge is 2.30. The molecule has 0 bridgehead atoms. The molecule has 2 aromatic rings. The van der Waals surface area contributed by atoms with Crippen molar-refractivity contribution in [2.45, 2.75) is 32.4 Å². The maximum absolute atomic E-state index is 12.9. The number of hydrogen-bond acceptors (Lipinski definition) is 7. The Morgan fingerprint density at radius 2 is 2.15 bits per heavy atom. The average molecular weight is 372 g/mol. The Hall–Kier alpha value is -2.81. The van der Waals surface area contributed by atoms with Gasteiger partial charge in [0.15, 0.2) is 0 Å². The van der Waals surface area contributed by atoms with E-state index in [2.05, 4.69) is 15.1 Å². The molecule has 0 aliphatic carbocycles. The van der Waals surface area contributed by atoms with Crippen LogP contribution in [0.15, 0.2) is 28.9 Å². The summed E-state index contributed by atoms with van der Waals surface area (Å²) in [5, 5.41) is 3.92. The van der Waals surface area contributed by atoms with Crippen LogP contribution >= 0.6 is 0 Å². The van der Waals surface area contributed by atoms with E-state index in [1.165, 1.54) is 6.92 Å². The molecule has 2 N–H and O–H groups in total. The third-order valence-electron chi connectivity index (χ3n) is 4.69. The molecule has 1 saturated heterocycles. The summed E-state index contributed by atoms with van der Waals surface area (Å²) in [4.78, 5) is 36.3. The minimum absolute atomic E-state index is 0.0621. The highest BCUT2D eigenvalue weighted by molar-refractivity contribution is 5.80. The first-order valence-corrected chi connectivity index (χ1v) is 8.94. The van der Waals surface area contributed by atoms with Gasteiger partial charge in [0.25, 0.3) is 0 Å². The predicted molar refractivity (Wildman–Crippen MR) is 97.0 cm³/mol. The minimum atomic E-state index is -0.286. The van der Waals surface area contributed by atoms with E-state index in [-0.39, 0.29) is 30.3 Å². The van der Waals surface area contributed by atoms with Crippen LogP contribution in [0.5, 0.6) is 0 Å². The zero-order chi connectivity index (χ0) is 19.4. The molecule has 1 aliphatic heterocycles. The summed E-state index contributed by atoms with van der Waals surface area (Å²) in [6, 6.07) is 5.33. The van der Waals surface area contributed by atoms with Gasteiger partial charge in [0.1, 0.15) is 5.69 Å². The summed E-state index contributed by atoms with van der Waals surface area (Å²) in [6.07, 6.45) is 3.01. The molecule has 0 saturated carbocycles. The number of carbonyl (C=O) groups excluding carboxylic acids is 2. The molecule has 2 amide bonds. The third kappa shape index (κ3) is 4.68. The van der Waals surface area contributed by atoms with Gasteiger partial charge in [-0.25, -0.2) is 0 Å². The Morgan fingerprint density at radius 1 is 1.33 bits per heavy atom. The van der Waals surface area contributed by atoms with Gasteiger partial charge in [-0.1, -0.05) is 11.2 Å². The van der Waals surface area contributed by atoms with Crippen LogP contribution in [-0.4, -0.2) is 62.9 Å². The molecule has 0 radical (unpaired) electrons. The number of likely N-dealkylation sites (tertiary alicyclic amines) is 1. The van der Waals surface area contributed by atoms with Crippen molar-refractivity contribution < 1.29 is 14.1 Å². The first kappa shape index (κ1) is 19.0. The second-order valence-electron chi connectivity index (χ2n) is 6.88. The summed E-state index contributed by atoms with van der Waals surface area (Å²) < 4.78 is 5.25. The van der Waals surface area contributed by atoms with Gasteiger partial charge >= 0.3 is 0 Å². The lowest BCUT2D eigenvalue weighted by Crippen LogP contribution is -2.42. The number of pyridine rings is 1. The Balaban J connectivity index is 1.65. The monoisotopic (exact) mass is 372 g/mol. The van der Waals surface area contributed by atoms with Crippen LogP contribution in [0.1, 0.15) is 25.7 Å². The van der Waals surface area contributed by atoms with Gasteiger partial charge in [-0.2, -0.15) is 4.98 Å². The van der Waals surface area contributed by atoms with Crippen LogP contribution in [0.4, 0.5) is 0 Å². The maximum atomic E-state index is 12.9. The van der Waals surface area contributed by atoms with E-state index in [1.807, 2.05) is 6.07 Å². The molecule has 27 heavy (non-hydrogen) atoms. The highest BCUT2D eigenvalue weighted by atomic mass is 16.5. The fraction of sp³-hybridized carbons (Fsp3) is 0.500. The van der Waals surface area contributed by atoms with E-state index in [4.69, 9.17) is 10.3 Å². The number of aromatic nitrogens is 3. The zero-order valence-corrected chi connectivity index (χ0v) is 15.5. The first-order chi connectivity index (χ1) is 12.9. The second-order valence-corrected chi connectivity index (χ2v) is 6.88. The lowest BCUT2D eigenvalue weighted by molar-refractivity contribution is -0.137. The third-order valence-corrected chi connectivity index (χ3v) is 4.69.